The lowest BCUT2D eigenvalue weighted by Crippen LogP contribution is -2.29. The molecule has 0 spiro atoms. The molecule has 7 heteroatoms. The second-order valence-electron chi connectivity index (χ2n) is 4.55. The van der Waals surface area contributed by atoms with Gasteiger partial charge in [0.15, 0.2) is 0 Å². The van der Waals surface area contributed by atoms with E-state index in [1.807, 2.05) is 20.2 Å². The van der Waals surface area contributed by atoms with Gasteiger partial charge in [0.25, 0.3) is 0 Å². The van der Waals surface area contributed by atoms with Crippen LogP contribution >= 0.6 is 11.8 Å². The third kappa shape index (κ3) is 4.88. The van der Waals surface area contributed by atoms with Crippen molar-refractivity contribution in [2.45, 2.75) is 18.4 Å². The summed E-state index contributed by atoms with van der Waals surface area (Å²) >= 11 is 1.63. The van der Waals surface area contributed by atoms with E-state index in [0.29, 0.717) is 24.6 Å². The van der Waals surface area contributed by atoms with Crippen LogP contribution in [0.2, 0.25) is 0 Å². The highest BCUT2D eigenvalue weighted by molar-refractivity contribution is 7.98. The minimum Gasteiger partial charge on any atom is -0.494 e. The summed E-state index contributed by atoms with van der Waals surface area (Å²) < 4.78 is 32.0. The predicted molar refractivity (Wildman–Crippen MR) is 88.6 cm³/mol. The van der Waals surface area contributed by atoms with Gasteiger partial charge >= 0.3 is 0 Å². The normalized spacial score (nSPS) is 11.9. The quantitative estimate of drug-likeness (QED) is 0.747. The highest BCUT2D eigenvalue weighted by Crippen LogP contribution is 2.24. The minimum absolute atomic E-state index is 0.305. The summed E-state index contributed by atoms with van der Waals surface area (Å²) in [6.07, 6.45) is 1.96. The van der Waals surface area contributed by atoms with E-state index < -0.39 is 10.0 Å². The molecule has 0 bridgehead atoms. The third-order valence-corrected chi connectivity index (χ3v) is 5.46. The van der Waals surface area contributed by atoms with Gasteiger partial charge in [0, 0.05) is 31.5 Å². The van der Waals surface area contributed by atoms with Gasteiger partial charge < -0.3 is 10.1 Å². The number of nitrogens with one attached hydrogen (secondary N) is 1. The van der Waals surface area contributed by atoms with Crippen LogP contribution in [0.3, 0.4) is 0 Å². The van der Waals surface area contributed by atoms with Gasteiger partial charge in [-0.3, -0.25) is 0 Å². The fourth-order valence-corrected chi connectivity index (χ4v) is 3.66. The number of sulfonamides is 1. The zero-order valence-corrected chi connectivity index (χ0v) is 14.7. The average Bonchev–Trinajstić information content (AvgIpc) is 2.46. The van der Waals surface area contributed by atoms with Gasteiger partial charge in [-0.25, -0.2) is 12.7 Å². The Bertz CT molecular complexity index is 547. The van der Waals surface area contributed by atoms with Crippen LogP contribution in [0.5, 0.6) is 5.75 Å². The van der Waals surface area contributed by atoms with Crippen LogP contribution in [0.25, 0.3) is 0 Å². The molecule has 0 aromatic heterocycles. The summed E-state index contributed by atoms with van der Waals surface area (Å²) in [6.45, 7) is 3.52. The highest BCUT2D eigenvalue weighted by atomic mass is 32.2. The summed E-state index contributed by atoms with van der Waals surface area (Å²) in [4.78, 5) is 0.305. The molecule has 0 aliphatic carbocycles. The van der Waals surface area contributed by atoms with Gasteiger partial charge in [0.1, 0.15) is 5.75 Å². The zero-order valence-electron chi connectivity index (χ0n) is 13.0. The molecule has 0 radical (unpaired) electrons. The molecule has 120 valence electrons. The monoisotopic (exact) mass is 332 g/mol. The zero-order chi connectivity index (χ0) is 15.9. The molecular formula is C14H24N2O3S2. The van der Waals surface area contributed by atoms with Gasteiger partial charge in [-0.05, 0) is 38.4 Å². The molecule has 0 saturated heterocycles. The molecule has 0 heterocycles. The number of nitrogens with zero attached hydrogens (tertiary/aromatic N) is 1. The SMILES string of the molecule is CCOc1ccc(S(=O)(=O)N(C)CCSC)cc1CNC. The summed E-state index contributed by atoms with van der Waals surface area (Å²) in [6, 6.07) is 5.02. The third-order valence-electron chi connectivity index (χ3n) is 3.02. The van der Waals surface area contributed by atoms with Gasteiger partial charge in [-0.15, -0.1) is 0 Å². The van der Waals surface area contributed by atoms with Gasteiger partial charge in [-0.2, -0.15) is 11.8 Å². The Hall–Kier alpha value is -0.760. The second-order valence-corrected chi connectivity index (χ2v) is 7.58. The standard InChI is InChI=1S/C14H24N2O3S2/c1-5-19-14-7-6-13(10-12(14)11-15-2)21(17,18)16(3)8-9-20-4/h6-7,10,15H,5,8-9,11H2,1-4H3. The molecule has 21 heavy (non-hydrogen) atoms. The number of thioether (sulfide) groups is 1. The van der Waals surface area contributed by atoms with Crippen molar-refractivity contribution in [1.29, 1.82) is 0 Å². The average molecular weight is 332 g/mol. The van der Waals surface area contributed by atoms with E-state index in [9.17, 15) is 8.42 Å². The fraction of sp³-hybridized carbons (Fsp3) is 0.571. The van der Waals surface area contributed by atoms with E-state index in [0.717, 1.165) is 17.1 Å². The molecule has 5 nitrogen and oxygen atoms in total. The number of ether oxygens (including phenoxy) is 1. The molecule has 0 saturated carbocycles. The Morgan fingerprint density at radius 2 is 2.10 bits per heavy atom. The lowest BCUT2D eigenvalue weighted by atomic mass is 10.2. The Balaban J connectivity index is 3.09. The molecule has 0 aliphatic heterocycles. The van der Waals surface area contributed by atoms with Crippen LogP contribution in [0.15, 0.2) is 23.1 Å². The summed E-state index contributed by atoms with van der Waals surface area (Å²) in [5.41, 5.74) is 0.846. The van der Waals surface area contributed by atoms with E-state index in [1.165, 1.54) is 4.31 Å². The first-order chi connectivity index (χ1) is 9.97. The van der Waals surface area contributed by atoms with Gasteiger partial charge in [0.05, 0.1) is 11.5 Å². The molecular weight excluding hydrogens is 308 g/mol. The molecule has 0 aliphatic rings. The molecule has 1 N–H and O–H groups in total. The maximum Gasteiger partial charge on any atom is 0.242 e. The number of hydrogen-bond donors (Lipinski definition) is 1. The summed E-state index contributed by atoms with van der Waals surface area (Å²) in [5.74, 6) is 1.49. The van der Waals surface area contributed by atoms with Crippen molar-refractivity contribution in [1.82, 2.24) is 9.62 Å². The number of benzene rings is 1. The fourth-order valence-electron chi connectivity index (χ4n) is 1.86. The van der Waals surface area contributed by atoms with E-state index in [-0.39, 0.29) is 0 Å². The van der Waals surface area contributed by atoms with Crippen molar-refractivity contribution in [3.8, 4) is 5.75 Å². The summed E-state index contributed by atoms with van der Waals surface area (Å²) in [7, 11) is -0.0153. The van der Waals surface area contributed by atoms with Crippen molar-refractivity contribution in [2.24, 2.45) is 0 Å². The van der Waals surface area contributed by atoms with Crippen molar-refractivity contribution in [3.05, 3.63) is 23.8 Å². The topological polar surface area (TPSA) is 58.6 Å². The van der Waals surface area contributed by atoms with E-state index >= 15 is 0 Å². The molecule has 1 aromatic rings. The van der Waals surface area contributed by atoms with Crippen molar-refractivity contribution >= 4 is 21.8 Å². The van der Waals surface area contributed by atoms with Crippen LogP contribution < -0.4 is 10.1 Å². The largest absolute Gasteiger partial charge is 0.494 e. The van der Waals surface area contributed by atoms with E-state index in [1.54, 1.807) is 37.0 Å². The van der Waals surface area contributed by atoms with Gasteiger partial charge in [-0.1, -0.05) is 0 Å². The lowest BCUT2D eigenvalue weighted by Gasteiger charge is -2.18. The summed E-state index contributed by atoms with van der Waals surface area (Å²) in [5, 5.41) is 3.03. The smallest absolute Gasteiger partial charge is 0.242 e. The number of hydrogen-bond acceptors (Lipinski definition) is 5. The van der Waals surface area contributed by atoms with Crippen molar-refractivity contribution < 1.29 is 13.2 Å². The van der Waals surface area contributed by atoms with Crippen molar-refractivity contribution in [2.75, 3.05) is 39.3 Å². The molecule has 0 unspecified atom stereocenters. The molecule has 1 aromatic carbocycles. The maximum atomic E-state index is 12.5. The van der Waals surface area contributed by atoms with Gasteiger partial charge in [0.2, 0.25) is 10.0 Å². The first-order valence-corrected chi connectivity index (χ1v) is 9.66. The molecule has 0 fully saturated rings. The first kappa shape index (κ1) is 18.3. The van der Waals surface area contributed by atoms with Crippen molar-refractivity contribution in [3.63, 3.8) is 0 Å². The predicted octanol–water partition coefficient (Wildman–Crippen LogP) is 1.79. The lowest BCUT2D eigenvalue weighted by molar-refractivity contribution is 0.335. The maximum absolute atomic E-state index is 12.5. The van der Waals surface area contributed by atoms with E-state index in [4.69, 9.17) is 4.74 Å². The Morgan fingerprint density at radius 3 is 2.67 bits per heavy atom. The van der Waals surface area contributed by atoms with Crippen LogP contribution in [0.1, 0.15) is 12.5 Å². The molecule has 1 rings (SSSR count). The Kier molecular flexibility index (Phi) is 7.51. The van der Waals surface area contributed by atoms with E-state index in [2.05, 4.69) is 5.32 Å². The Labute approximate surface area is 132 Å². The minimum atomic E-state index is -3.45. The molecule has 0 atom stereocenters. The highest BCUT2D eigenvalue weighted by Gasteiger charge is 2.21. The van der Waals surface area contributed by atoms with Crippen LogP contribution in [-0.4, -0.2) is 52.0 Å². The van der Waals surface area contributed by atoms with Crippen LogP contribution in [0.4, 0.5) is 0 Å². The van der Waals surface area contributed by atoms with Crippen LogP contribution in [-0.2, 0) is 16.6 Å². The second kappa shape index (κ2) is 8.63. The Morgan fingerprint density at radius 1 is 1.38 bits per heavy atom. The number of rotatable bonds is 9. The van der Waals surface area contributed by atoms with Crippen LogP contribution in [0, 0.1) is 0 Å². The first-order valence-electron chi connectivity index (χ1n) is 6.83. The molecule has 0 amide bonds.